The van der Waals surface area contributed by atoms with E-state index < -0.39 is 0 Å². The summed E-state index contributed by atoms with van der Waals surface area (Å²) in [6, 6.07) is 19.4. The smallest absolute Gasteiger partial charge is 0.0579 e. The summed E-state index contributed by atoms with van der Waals surface area (Å²) in [4.78, 5) is 20.0. The van der Waals surface area contributed by atoms with Gasteiger partial charge in [-0.15, -0.1) is 0 Å². The Kier molecular flexibility index (Phi) is 12.7. The molecule has 0 spiro atoms. The molecule has 0 amide bonds. The number of fused-ring (bicyclic) bond motifs is 2. The molecule has 2 aromatic carbocycles. The maximum absolute atomic E-state index is 5.09. The monoisotopic (exact) mass is 776 g/mol. The Bertz CT molecular complexity index is 1920. The van der Waals surface area contributed by atoms with E-state index in [1.165, 1.54) is 79.2 Å². The zero-order valence-corrected chi connectivity index (χ0v) is 35.1. The van der Waals surface area contributed by atoms with E-state index in [0.29, 0.717) is 12.1 Å². The Morgan fingerprint density at radius 2 is 1.35 bits per heavy atom. The van der Waals surface area contributed by atoms with Gasteiger partial charge in [0.25, 0.3) is 0 Å². The molecule has 292 valence electrons. The molecule has 55 heavy (non-hydrogen) atoms. The van der Waals surface area contributed by atoms with Crippen LogP contribution in [0.4, 0.5) is 11.4 Å². The van der Waals surface area contributed by atoms with Gasteiger partial charge in [-0.1, -0.05) is 30.3 Å². The summed E-state index contributed by atoms with van der Waals surface area (Å²) in [5.74, 6) is 4.86. The number of pyridine rings is 2. The minimum Gasteiger partial charge on any atom is -0.370 e. The second-order valence-electron chi connectivity index (χ2n) is 16.4. The third-order valence-corrected chi connectivity index (χ3v) is 13.9. The molecule has 8 rings (SSSR count). The van der Waals surface area contributed by atoms with Crippen LogP contribution < -0.4 is 20.4 Å². The first kappa shape index (κ1) is 38.7. The van der Waals surface area contributed by atoms with E-state index in [4.69, 9.17) is 4.98 Å². The van der Waals surface area contributed by atoms with Crippen molar-refractivity contribution in [2.75, 3.05) is 86.2 Å². The second-order valence-corrected chi connectivity index (χ2v) is 18.8. The molecule has 0 saturated carbocycles. The molecule has 0 unspecified atom stereocenters. The van der Waals surface area contributed by atoms with Crippen molar-refractivity contribution in [2.45, 2.75) is 71.4 Å². The van der Waals surface area contributed by atoms with Crippen molar-refractivity contribution in [3.63, 3.8) is 0 Å². The Morgan fingerprint density at radius 1 is 0.709 bits per heavy atom. The molecule has 4 aliphatic rings. The highest BCUT2D eigenvalue weighted by Crippen LogP contribution is 2.34. The van der Waals surface area contributed by atoms with Gasteiger partial charge in [0, 0.05) is 124 Å². The van der Waals surface area contributed by atoms with Crippen LogP contribution in [0.25, 0.3) is 0 Å². The molecular weight excluding hydrogens is 717 g/mol. The van der Waals surface area contributed by atoms with Crippen molar-refractivity contribution in [1.29, 1.82) is 0 Å². The predicted molar refractivity (Wildman–Crippen MR) is 234 cm³/mol. The number of anilines is 2. The van der Waals surface area contributed by atoms with Crippen LogP contribution in [0.5, 0.6) is 0 Å². The lowest BCUT2D eigenvalue weighted by atomic mass is 9.89. The number of likely N-dealkylation sites (N-methyl/N-ethyl adjacent to an activating group) is 2. The normalized spacial score (nSPS) is 20.2. The van der Waals surface area contributed by atoms with Crippen molar-refractivity contribution in [3.8, 4) is 0 Å². The summed E-state index contributed by atoms with van der Waals surface area (Å²) in [6.45, 7) is 14.5. The van der Waals surface area contributed by atoms with Gasteiger partial charge >= 0.3 is 0 Å². The van der Waals surface area contributed by atoms with Crippen LogP contribution in [0.2, 0.25) is 0 Å². The van der Waals surface area contributed by atoms with Crippen LogP contribution in [0, 0.1) is 13.8 Å². The quantitative estimate of drug-likeness (QED) is 0.177. The zero-order chi connectivity index (χ0) is 37.7. The highest BCUT2D eigenvalue weighted by Gasteiger charge is 2.27. The SMILES string of the molecule is Cc1cnc(CN(C)C[C@H]2Cc3c(cccc3N3CCSCC3)CN2)c(Cc2cc3c(c(N4CCSCC4)c2)C[C@H](CN(C)Cc2ncccc2C)NC3)c1. The summed E-state index contributed by atoms with van der Waals surface area (Å²) < 4.78 is 0. The Balaban J connectivity index is 0.967. The lowest BCUT2D eigenvalue weighted by molar-refractivity contribution is 0.270. The van der Waals surface area contributed by atoms with Gasteiger partial charge in [-0.05, 0) is 110 Å². The number of benzene rings is 2. The summed E-state index contributed by atoms with van der Waals surface area (Å²) in [7, 11) is 4.51. The summed E-state index contributed by atoms with van der Waals surface area (Å²) in [5.41, 5.74) is 16.6. The van der Waals surface area contributed by atoms with E-state index in [0.717, 1.165) is 84.7 Å². The van der Waals surface area contributed by atoms with E-state index in [9.17, 15) is 0 Å². The molecule has 8 nitrogen and oxygen atoms in total. The average molecular weight is 777 g/mol. The number of rotatable bonds is 12. The number of aryl methyl sites for hydroxylation is 2. The molecule has 10 heteroatoms. The fourth-order valence-electron chi connectivity index (χ4n) is 9.14. The third-order valence-electron chi connectivity index (χ3n) is 12.0. The van der Waals surface area contributed by atoms with Crippen molar-refractivity contribution in [1.82, 2.24) is 30.4 Å². The molecule has 0 aliphatic carbocycles. The molecule has 2 saturated heterocycles. The van der Waals surface area contributed by atoms with Gasteiger partial charge in [0.05, 0.1) is 11.4 Å². The summed E-state index contributed by atoms with van der Waals surface area (Å²) >= 11 is 4.17. The molecule has 0 radical (unpaired) electrons. The van der Waals surface area contributed by atoms with Crippen molar-refractivity contribution < 1.29 is 0 Å². The highest BCUT2D eigenvalue weighted by atomic mass is 32.2. The van der Waals surface area contributed by atoms with Crippen LogP contribution in [-0.4, -0.2) is 108 Å². The van der Waals surface area contributed by atoms with Gasteiger partial charge in [0.2, 0.25) is 0 Å². The van der Waals surface area contributed by atoms with Gasteiger partial charge in [-0.3, -0.25) is 19.8 Å². The van der Waals surface area contributed by atoms with E-state index >= 15 is 0 Å². The maximum atomic E-state index is 5.09. The zero-order valence-electron chi connectivity index (χ0n) is 33.4. The van der Waals surface area contributed by atoms with E-state index in [2.05, 4.69) is 135 Å². The fourth-order valence-corrected chi connectivity index (χ4v) is 10.9. The second kappa shape index (κ2) is 18.0. The molecule has 4 aromatic rings. The molecule has 2 aromatic heterocycles. The van der Waals surface area contributed by atoms with Crippen LogP contribution in [0.1, 0.15) is 55.9 Å². The molecule has 0 bridgehead atoms. The van der Waals surface area contributed by atoms with Crippen molar-refractivity contribution in [3.05, 3.63) is 117 Å². The summed E-state index contributed by atoms with van der Waals surface area (Å²) in [5, 5.41) is 7.80. The number of aromatic nitrogens is 2. The molecule has 4 aliphatic heterocycles. The van der Waals surface area contributed by atoms with Gasteiger partial charge in [0.15, 0.2) is 0 Å². The van der Waals surface area contributed by atoms with Gasteiger partial charge in [-0.25, -0.2) is 0 Å². The first-order chi connectivity index (χ1) is 26.9. The van der Waals surface area contributed by atoms with Crippen LogP contribution in [0.15, 0.2) is 60.9 Å². The first-order valence-corrected chi connectivity index (χ1v) is 22.8. The number of thioether (sulfide) groups is 2. The maximum Gasteiger partial charge on any atom is 0.0579 e. The Morgan fingerprint density at radius 3 is 2.04 bits per heavy atom. The number of hydrogen-bond donors (Lipinski definition) is 2. The Labute approximate surface area is 338 Å². The van der Waals surface area contributed by atoms with Crippen LogP contribution in [-0.2, 0) is 45.4 Å². The number of hydrogen-bond acceptors (Lipinski definition) is 10. The van der Waals surface area contributed by atoms with Crippen molar-refractivity contribution >= 4 is 34.9 Å². The lowest BCUT2D eigenvalue weighted by Crippen LogP contribution is -2.44. The molecule has 6 heterocycles. The fraction of sp³-hybridized carbons (Fsp3) is 0.511. The van der Waals surface area contributed by atoms with Crippen molar-refractivity contribution in [2.24, 2.45) is 0 Å². The largest absolute Gasteiger partial charge is 0.370 e. The third kappa shape index (κ3) is 9.54. The average Bonchev–Trinajstić information content (AvgIpc) is 3.20. The topological polar surface area (TPSA) is 62.8 Å². The number of nitrogens with one attached hydrogen (secondary N) is 2. The highest BCUT2D eigenvalue weighted by molar-refractivity contribution is 7.99. The van der Waals surface area contributed by atoms with Gasteiger partial charge < -0.3 is 20.4 Å². The first-order valence-electron chi connectivity index (χ1n) is 20.5. The standard InChI is InChI=1S/C45H60N8S2/c1-32-19-36(43(49-25-32)31-51(4)29-38-23-40-35(26-47-38)8-5-9-44(40)52-11-15-54-16-12-52)20-34-21-37-27-48-39(28-50(3)30-42-33(2)7-6-10-46-42)24-41(37)45(22-34)53-13-17-55-18-14-53/h5-10,19,21-22,25,38-39,47-48H,11-18,20,23-24,26-31H2,1-4H3/t38-,39-/m1/s1. The molecule has 2 fully saturated rings. The summed E-state index contributed by atoms with van der Waals surface area (Å²) in [6.07, 6.45) is 7.02. The van der Waals surface area contributed by atoms with Crippen LogP contribution in [0.3, 0.4) is 0 Å². The molecule has 2 N–H and O–H groups in total. The molecular formula is C45H60N8S2. The predicted octanol–water partition coefficient (Wildman–Crippen LogP) is 6.08. The number of nitrogens with zero attached hydrogens (tertiary/aromatic N) is 6. The lowest BCUT2D eigenvalue weighted by Gasteiger charge is -2.36. The van der Waals surface area contributed by atoms with Gasteiger partial charge in [-0.2, -0.15) is 23.5 Å². The minimum absolute atomic E-state index is 0.413. The molecule has 2 atom stereocenters. The van der Waals surface area contributed by atoms with Gasteiger partial charge in [0.1, 0.15) is 0 Å². The van der Waals surface area contributed by atoms with E-state index in [1.54, 1.807) is 11.1 Å². The minimum atomic E-state index is 0.413. The van der Waals surface area contributed by atoms with E-state index in [1.807, 2.05) is 12.3 Å². The Hall–Kier alpha value is -3.12. The van der Waals surface area contributed by atoms with Crippen LogP contribution >= 0.6 is 23.5 Å². The van der Waals surface area contributed by atoms with E-state index in [-0.39, 0.29) is 0 Å².